The summed E-state index contributed by atoms with van der Waals surface area (Å²) in [6, 6.07) is 7.29. The van der Waals surface area contributed by atoms with Gasteiger partial charge in [-0.2, -0.15) is 0 Å². The fourth-order valence-corrected chi connectivity index (χ4v) is 2.61. The Morgan fingerprint density at radius 2 is 2.00 bits per heavy atom. The lowest BCUT2D eigenvalue weighted by atomic mass is 9.81. The Labute approximate surface area is 102 Å². The van der Waals surface area contributed by atoms with Crippen molar-refractivity contribution in [2.75, 3.05) is 11.1 Å². The van der Waals surface area contributed by atoms with E-state index in [4.69, 9.17) is 5.73 Å². The Hall–Kier alpha value is -1.51. The molecule has 0 aliphatic heterocycles. The molecular formula is C14H20N2O. The second-order valence-electron chi connectivity index (χ2n) is 5.54. The van der Waals surface area contributed by atoms with Crippen LogP contribution in [0.3, 0.4) is 0 Å². The predicted octanol–water partition coefficient (Wildman–Crippen LogP) is 3.03. The number of hydrogen-bond donors (Lipinski definition) is 2. The molecule has 0 bridgehead atoms. The molecule has 1 saturated carbocycles. The summed E-state index contributed by atoms with van der Waals surface area (Å²) in [5, 5.41) is 2.97. The average molecular weight is 232 g/mol. The van der Waals surface area contributed by atoms with E-state index in [-0.39, 0.29) is 17.2 Å². The first-order valence-electron chi connectivity index (χ1n) is 6.15. The largest absolute Gasteiger partial charge is 0.399 e. The van der Waals surface area contributed by atoms with E-state index in [9.17, 15) is 4.79 Å². The summed E-state index contributed by atoms with van der Waals surface area (Å²) >= 11 is 0. The fraction of sp³-hybridized carbons (Fsp3) is 0.500. The van der Waals surface area contributed by atoms with E-state index < -0.39 is 0 Å². The van der Waals surface area contributed by atoms with Crippen LogP contribution < -0.4 is 11.1 Å². The summed E-state index contributed by atoms with van der Waals surface area (Å²) in [5.41, 5.74) is 7.27. The van der Waals surface area contributed by atoms with E-state index in [1.807, 2.05) is 12.1 Å². The number of amides is 1. The van der Waals surface area contributed by atoms with Gasteiger partial charge in [0.15, 0.2) is 0 Å². The van der Waals surface area contributed by atoms with Crippen LogP contribution >= 0.6 is 0 Å². The predicted molar refractivity (Wildman–Crippen MR) is 70.6 cm³/mol. The summed E-state index contributed by atoms with van der Waals surface area (Å²) in [7, 11) is 0. The first-order chi connectivity index (χ1) is 7.99. The van der Waals surface area contributed by atoms with E-state index >= 15 is 0 Å². The summed E-state index contributed by atoms with van der Waals surface area (Å²) in [6.07, 6.45) is 3.27. The van der Waals surface area contributed by atoms with Gasteiger partial charge in [-0.1, -0.05) is 20.3 Å². The number of hydrogen-bond acceptors (Lipinski definition) is 2. The van der Waals surface area contributed by atoms with Crippen molar-refractivity contribution in [1.82, 2.24) is 0 Å². The number of benzene rings is 1. The van der Waals surface area contributed by atoms with Gasteiger partial charge in [0.05, 0.1) is 0 Å². The Kier molecular flexibility index (Phi) is 3.09. The minimum Gasteiger partial charge on any atom is -0.399 e. The minimum absolute atomic E-state index is 0.123. The molecule has 0 aromatic heterocycles. The van der Waals surface area contributed by atoms with Gasteiger partial charge in [0, 0.05) is 17.3 Å². The zero-order valence-corrected chi connectivity index (χ0v) is 10.5. The highest BCUT2D eigenvalue weighted by molar-refractivity contribution is 5.93. The molecule has 0 spiro atoms. The maximum Gasteiger partial charge on any atom is 0.228 e. The fourth-order valence-electron chi connectivity index (χ4n) is 2.61. The highest BCUT2D eigenvalue weighted by Gasteiger charge is 2.39. The Balaban J connectivity index is 2.04. The van der Waals surface area contributed by atoms with Crippen molar-refractivity contribution in [3.8, 4) is 0 Å². The second-order valence-corrected chi connectivity index (χ2v) is 5.54. The number of carbonyl (C=O) groups is 1. The molecule has 0 heterocycles. The summed E-state index contributed by atoms with van der Waals surface area (Å²) in [5.74, 6) is 0.261. The molecule has 1 atom stereocenters. The Morgan fingerprint density at radius 3 is 2.53 bits per heavy atom. The van der Waals surface area contributed by atoms with Gasteiger partial charge in [-0.05, 0) is 42.5 Å². The highest BCUT2D eigenvalue weighted by atomic mass is 16.1. The highest BCUT2D eigenvalue weighted by Crippen LogP contribution is 2.42. The van der Waals surface area contributed by atoms with Crippen molar-refractivity contribution < 1.29 is 4.79 Å². The van der Waals surface area contributed by atoms with Crippen LogP contribution in [0.25, 0.3) is 0 Å². The molecule has 1 aliphatic carbocycles. The van der Waals surface area contributed by atoms with Gasteiger partial charge in [-0.25, -0.2) is 0 Å². The van der Waals surface area contributed by atoms with Crippen LogP contribution in [0.2, 0.25) is 0 Å². The Morgan fingerprint density at radius 1 is 1.35 bits per heavy atom. The maximum atomic E-state index is 12.2. The lowest BCUT2D eigenvalue weighted by Gasteiger charge is -2.25. The topological polar surface area (TPSA) is 55.1 Å². The van der Waals surface area contributed by atoms with E-state index in [0.717, 1.165) is 24.9 Å². The first-order valence-corrected chi connectivity index (χ1v) is 6.15. The van der Waals surface area contributed by atoms with Crippen LogP contribution in [-0.4, -0.2) is 5.91 Å². The molecule has 1 aromatic rings. The molecular weight excluding hydrogens is 212 g/mol. The van der Waals surface area contributed by atoms with Crippen LogP contribution in [0.15, 0.2) is 24.3 Å². The molecule has 3 N–H and O–H groups in total. The lowest BCUT2D eigenvalue weighted by Crippen LogP contribution is -2.30. The third kappa shape index (κ3) is 2.60. The molecule has 2 rings (SSSR count). The van der Waals surface area contributed by atoms with Gasteiger partial charge < -0.3 is 11.1 Å². The standard InChI is InChI=1S/C14H20N2O/c1-14(2)9-3-4-12(14)13(17)16-11-7-5-10(15)6-8-11/h5-8,12H,3-4,9,15H2,1-2H3,(H,16,17). The molecule has 1 fully saturated rings. The average Bonchev–Trinajstić information content (AvgIpc) is 2.61. The van der Waals surface area contributed by atoms with E-state index in [0.29, 0.717) is 5.69 Å². The van der Waals surface area contributed by atoms with Gasteiger partial charge in [0.25, 0.3) is 0 Å². The molecule has 0 saturated heterocycles. The quantitative estimate of drug-likeness (QED) is 0.770. The SMILES string of the molecule is CC1(C)CCCC1C(=O)Nc1ccc(N)cc1. The molecule has 1 unspecified atom stereocenters. The maximum absolute atomic E-state index is 12.2. The number of carbonyl (C=O) groups excluding carboxylic acids is 1. The number of nitrogens with one attached hydrogen (secondary N) is 1. The van der Waals surface area contributed by atoms with Crippen LogP contribution in [0.5, 0.6) is 0 Å². The van der Waals surface area contributed by atoms with Crippen molar-refractivity contribution in [2.24, 2.45) is 11.3 Å². The summed E-state index contributed by atoms with van der Waals surface area (Å²) in [6.45, 7) is 4.35. The normalized spacial score (nSPS) is 22.4. The van der Waals surface area contributed by atoms with Crippen LogP contribution in [0.4, 0.5) is 11.4 Å². The van der Waals surface area contributed by atoms with E-state index in [1.54, 1.807) is 12.1 Å². The van der Waals surface area contributed by atoms with Crippen molar-refractivity contribution in [1.29, 1.82) is 0 Å². The lowest BCUT2D eigenvalue weighted by molar-refractivity contribution is -0.122. The summed E-state index contributed by atoms with van der Waals surface area (Å²) < 4.78 is 0. The van der Waals surface area contributed by atoms with Gasteiger partial charge >= 0.3 is 0 Å². The van der Waals surface area contributed by atoms with Gasteiger partial charge in [-0.15, -0.1) is 0 Å². The van der Waals surface area contributed by atoms with Crippen molar-refractivity contribution in [3.05, 3.63) is 24.3 Å². The zero-order chi connectivity index (χ0) is 12.5. The molecule has 1 aromatic carbocycles. The van der Waals surface area contributed by atoms with Crippen molar-refractivity contribution >= 4 is 17.3 Å². The number of nitrogen functional groups attached to an aromatic ring is 1. The second kappa shape index (κ2) is 4.40. The van der Waals surface area contributed by atoms with Crippen LogP contribution in [0, 0.1) is 11.3 Å². The molecule has 3 nitrogen and oxygen atoms in total. The van der Waals surface area contributed by atoms with Gasteiger partial charge in [0.2, 0.25) is 5.91 Å². The van der Waals surface area contributed by atoms with Crippen LogP contribution in [0.1, 0.15) is 33.1 Å². The summed E-state index contributed by atoms with van der Waals surface area (Å²) in [4.78, 5) is 12.2. The van der Waals surface area contributed by atoms with E-state index in [2.05, 4.69) is 19.2 Å². The number of nitrogens with two attached hydrogens (primary N) is 1. The van der Waals surface area contributed by atoms with Crippen molar-refractivity contribution in [3.63, 3.8) is 0 Å². The third-order valence-electron chi connectivity index (χ3n) is 3.75. The number of rotatable bonds is 2. The number of anilines is 2. The van der Waals surface area contributed by atoms with Crippen molar-refractivity contribution in [2.45, 2.75) is 33.1 Å². The monoisotopic (exact) mass is 232 g/mol. The molecule has 3 heteroatoms. The van der Waals surface area contributed by atoms with Gasteiger partial charge in [0.1, 0.15) is 0 Å². The smallest absolute Gasteiger partial charge is 0.228 e. The third-order valence-corrected chi connectivity index (χ3v) is 3.75. The van der Waals surface area contributed by atoms with E-state index in [1.165, 1.54) is 0 Å². The molecule has 1 aliphatic rings. The zero-order valence-electron chi connectivity index (χ0n) is 10.5. The molecule has 0 radical (unpaired) electrons. The molecule has 17 heavy (non-hydrogen) atoms. The van der Waals surface area contributed by atoms with Crippen LogP contribution in [-0.2, 0) is 4.79 Å². The minimum atomic E-state index is 0.123. The van der Waals surface area contributed by atoms with Gasteiger partial charge in [-0.3, -0.25) is 4.79 Å². The first kappa shape index (κ1) is 12.0. The molecule has 1 amide bonds. The Bertz CT molecular complexity index is 409. The molecule has 92 valence electrons.